The van der Waals surface area contributed by atoms with Gasteiger partial charge in [-0.25, -0.2) is 0 Å². The average Bonchev–Trinajstić information content (AvgIpc) is 3.26. The van der Waals surface area contributed by atoms with Crippen LogP contribution in [0.4, 0.5) is 5.69 Å². The van der Waals surface area contributed by atoms with Crippen molar-refractivity contribution in [3.63, 3.8) is 0 Å². The summed E-state index contributed by atoms with van der Waals surface area (Å²) in [5.41, 5.74) is 6.03. The molecule has 0 fully saturated rings. The molecule has 1 aromatic heterocycles. The number of anilines is 1. The number of H-pyrrole nitrogens is 1. The highest BCUT2D eigenvalue weighted by molar-refractivity contribution is 6.31. The molecule has 0 bridgehead atoms. The molecule has 0 saturated heterocycles. The summed E-state index contributed by atoms with van der Waals surface area (Å²) in [4.78, 5) is 17.0. The minimum Gasteiger partial charge on any atom is -0.354 e. The Morgan fingerprint density at radius 2 is 1.69 bits per heavy atom. The minimum atomic E-state index is -0.869. The number of rotatable bonds is 0. The van der Waals surface area contributed by atoms with Crippen LogP contribution in [0.5, 0.6) is 0 Å². The van der Waals surface area contributed by atoms with E-state index in [1.807, 2.05) is 48.5 Å². The quantitative estimate of drug-likeness (QED) is 0.453. The van der Waals surface area contributed by atoms with Gasteiger partial charge in [0.2, 0.25) is 5.91 Å². The van der Waals surface area contributed by atoms with Crippen LogP contribution in [0.2, 0.25) is 5.02 Å². The Hall–Kier alpha value is -3.04. The topological polar surface area (TPSA) is 44.9 Å². The van der Waals surface area contributed by atoms with Gasteiger partial charge in [0.15, 0.2) is 0 Å². The molecule has 3 nitrogen and oxygen atoms in total. The van der Waals surface area contributed by atoms with Gasteiger partial charge >= 0.3 is 0 Å². The molecule has 1 spiro atoms. The third kappa shape index (κ3) is 1.45. The summed E-state index contributed by atoms with van der Waals surface area (Å²) in [6.45, 7) is 0. The molecule has 4 aromatic rings. The zero-order valence-electron chi connectivity index (χ0n) is 13.6. The summed E-state index contributed by atoms with van der Waals surface area (Å²) < 4.78 is 0. The number of hydrogen-bond acceptors (Lipinski definition) is 1. The molecule has 0 radical (unpaired) electrons. The van der Waals surface area contributed by atoms with E-state index in [0.717, 1.165) is 44.5 Å². The van der Waals surface area contributed by atoms with Crippen LogP contribution < -0.4 is 5.32 Å². The number of hydrogen-bond donors (Lipinski definition) is 2. The first-order chi connectivity index (χ1) is 12.7. The Kier molecular flexibility index (Phi) is 2.49. The van der Waals surface area contributed by atoms with Crippen molar-refractivity contribution >= 4 is 34.1 Å². The Bertz CT molecular complexity index is 1260. The van der Waals surface area contributed by atoms with Gasteiger partial charge in [0.1, 0.15) is 5.41 Å². The number of aromatic amines is 1. The maximum atomic E-state index is 13.5. The Morgan fingerprint density at radius 1 is 0.885 bits per heavy atom. The van der Waals surface area contributed by atoms with Crippen molar-refractivity contribution in [1.29, 1.82) is 0 Å². The Labute approximate surface area is 154 Å². The fourth-order valence-corrected chi connectivity index (χ4v) is 4.86. The zero-order chi connectivity index (χ0) is 17.5. The van der Waals surface area contributed by atoms with Gasteiger partial charge in [-0.05, 0) is 29.8 Å². The van der Waals surface area contributed by atoms with Gasteiger partial charge in [-0.1, -0.05) is 54.1 Å². The lowest BCUT2D eigenvalue weighted by molar-refractivity contribution is -0.118. The highest BCUT2D eigenvalue weighted by atomic mass is 35.5. The highest BCUT2D eigenvalue weighted by Crippen LogP contribution is 2.59. The van der Waals surface area contributed by atoms with Gasteiger partial charge < -0.3 is 10.3 Å². The van der Waals surface area contributed by atoms with E-state index < -0.39 is 5.41 Å². The standard InChI is InChI=1S/C22H13ClN2O/c23-12-9-10-18-16(11-12)22(21(26)25-18)15-7-3-1-5-13(15)20-19(22)14-6-2-4-8-17(14)24-20/h1-11,24H,(H,25,26). The molecule has 2 aliphatic rings. The number of benzene rings is 3. The maximum absolute atomic E-state index is 13.5. The SMILES string of the molecule is O=C1Nc2ccc(Cl)cc2C12c1ccccc1-c1[nH]c3ccccc3c12. The molecule has 1 amide bonds. The van der Waals surface area contributed by atoms with E-state index in [9.17, 15) is 4.79 Å². The van der Waals surface area contributed by atoms with Crippen molar-refractivity contribution < 1.29 is 4.79 Å². The monoisotopic (exact) mass is 356 g/mol. The molecule has 1 unspecified atom stereocenters. The Morgan fingerprint density at radius 3 is 2.62 bits per heavy atom. The third-order valence-electron chi connectivity index (χ3n) is 5.66. The molecule has 2 N–H and O–H groups in total. The first-order valence-electron chi connectivity index (χ1n) is 8.54. The van der Waals surface area contributed by atoms with Crippen LogP contribution in [0.3, 0.4) is 0 Å². The van der Waals surface area contributed by atoms with Gasteiger partial charge in [0.25, 0.3) is 0 Å². The average molecular weight is 357 g/mol. The van der Waals surface area contributed by atoms with E-state index >= 15 is 0 Å². The molecule has 3 aromatic carbocycles. The van der Waals surface area contributed by atoms with Gasteiger partial charge in [-0.15, -0.1) is 0 Å². The predicted molar refractivity (Wildman–Crippen MR) is 104 cm³/mol. The summed E-state index contributed by atoms with van der Waals surface area (Å²) in [5, 5.41) is 4.78. The zero-order valence-corrected chi connectivity index (χ0v) is 14.4. The molecule has 1 aliphatic heterocycles. The molecule has 0 saturated carbocycles. The smallest absolute Gasteiger partial charge is 0.244 e. The van der Waals surface area contributed by atoms with Crippen molar-refractivity contribution in [2.24, 2.45) is 0 Å². The van der Waals surface area contributed by atoms with E-state index in [4.69, 9.17) is 11.6 Å². The molecular formula is C22H13ClN2O. The summed E-state index contributed by atoms with van der Waals surface area (Å²) >= 11 is 6.33. The molecule has 1 atom stereocenters. The van der Waals surface area contributed by atoms with Gasteiger partial charge in [-0.2, -0.15) is 0 Å². The molecular weight excluding hydrogens is 344 g/mol. The van der Waals surface area contributed by atoms with Crippen molar-refractivity contribution in [2.45, 2.75) is 5.41 Å². The van der Waals surface area contributed by atoms with Crippen LogP contribution in [0, 0.1) is 0 Å². The Balaban J connectivity index is 1.86. The first kappa shape index (κ1) is 14.2. The lowest BCUT2D eigenvalue weighted by atomic mass is 9.73. The van der Waals surface area contributed by atoms with Gasteiger partial charge in [0.05, 0.1) is 5.69 Å². The number of para-hydroxylation sites is 1. The number of aromatic nitrogens is 1. The van der Waals surface area contributed by atoms with E-state index in [-0.39, 0.29) is 5.91 Å². The second kappa shape index (κ2) is 4.57. The van der Waals surface area contributed by atoms with Crippen molar-refractivity contribution in [3.05, 3.63) is 88.4 Å². The van der Waals surface area contributed by atoms with E-state index in [1.54, 1.807) is 0 Å². The van der Waals surface area contributed by atoms with E-state index in [0.29, 0.717) is 5.02 Å². The number of amides is 1. The molecule has 1 aliphatic carbocycles. The maximum Gasteiger partial charge on any atom is 0.244 e. The van der Waals surface area contributed by atoms with Crippen molar-refractivity contribution in [2.75, 3.05) is 5.32 Å². The number of carbonyl (C=O) groups is 1. The summed E-state index contributed by atoms with van der Waals surface area (Å²) in [7, 11) is 0. The minimum absolute atomic E-state index is 0.0225. The van der Waals surface area contributed by atoms with Crippen LogP contribution in [0.1, 0.15) is 16.7 Å². The summed E-state index contributed by atoms with van der Waals surface area (Å²) in [6.07, 6.45) is 0. The lowest BCUT2D eigenvalue weighted by Gasteiger charge is -2.25. The van der Waals surface area contributed by atoms with Gasteiger partial charge in [0, 0.05) is 38.3 Å². The van der Waals surface area contributed by atoms with Crippen LogP contribution in [0.25, 0.3) is 22.2 Å². The normalized spacial score (nSPS) is 19.5. The van der Waals surface area contributed by atoms with Crippen LogP contribution in [-0.4, -0.2) is 10.9 Å². The van der Waals surface area contributed by atoms with Crippen molar-refractivity contribution in [1.82, 2.24) is 4.98 Å². The third-order valence-corrected chi connectivity index (χ3v) is 5.89. The number of halogens is 1. The molecule has 2 heterocycles. The van der Waals surface area contributed by atoms with Crippen LogP contribution >= 0.6 is 11.6 Å². The highest BCUT2D eigenvalue weighted by Gasteiger charge is 2.56. The van der Waals surface area contributed by atoms with E-state index in [1.165, 1.54) is 0 Å². The number of nitrogens with one attached hydrogen (secondary N) is 2. The first-order valence-corrected chi connectivity index (χ1v) is 8.91. The van der Waals surface area contributed by atoms with Crippen molar-refractivity contribution in [3.8, 4) is 11.3 Å². The molecule has 6 rings (SSSR count). The summed E-state index contributed by atoms with van der Waals surface area (Å²) in [6, 6.07) is 21.9. The number of carbonyl (C=O) groups excluding carboxylic acids is 1. The molecule has 124 valence electrons. The van der Waals surface area contributed by atoms with Crippen LogP contribution in [0.15, 0.2) is 66.7 Å². The van der Waals surface area contributed by atoms with E-state index in [2.05, 4.69) is 28.5 Å². The second-order valence-corrected chi connectivity index (χ2v) is 7.30. The van der Waals surface area contributed by atoms with Gasteiger partial charge in [-0.3, -0.25) is 4.79 Å². The largest absolute Gasteiger partial charge is 0.354 e. The fraction of sp³-hybridized carbons (Fsp3) is 0.0455. The summed E-state index contributed by atoms with van der Waals surface area (Å²) in [5.74, 6) is -0.0225. The second-order valence-electron chi connectivity index (χ2n) is 6.86. The van der Waals surface area contributed by atoms with Crippen LogP contribution in [-0.2, 0) is 10.2 Å². The predicted octanol–water partition coefficient (Wildman–Crippen LogP) is 5.09. The molecule has 26 heavy (non-hydrogen) atoms. The number of fused-ring (bicyclic) bond motifs is 9. The lowest BCUT2D eigenvalue weighted by Crippen LogP contribution is -2.34. The molecule has 4 heteroatoms. The fourth-order valence-electron chi connectivity index (χ4n) is 4.69.